The monoisotopic (exact) mass is 429 g/mol. The first kappa shape index (κ1) is 20.8. The van der Waals surface area contributed by atoms with Gasteiger partial charge in [0, 0.05) is 6.54 Å². The predicted octanol–water partition coefficient (Wildman–Crippen LogP) is 3.61. The van der Waals surface area contributed by atoms with Crippen molar-refractivity contribution in [3.8, 4) is 0 Å². The number of amides is 3. The van der Waals surface area contributed by atoms with E-state index in [1.807, 2.05) is 0 Å². The van der Waals surface area contributed by atoms with E-state index in [1.165, 1.54) is 24.3 Å². The molecule has 0 saturated heterocycles. The standard InChI is InChI=1S/C17H14Cl3N3O4/c18-11-5-13(20)14(6-12(11)19)23-15(24)8-27-16(25)10-3-1-9(2-4-10)7-22-17(21)26/h1-6H,7-8H2,(H,23,24)(H3,21,22,26). The lowest BCUT2D eigenvalue weighted by Gasteiger charge is -2.09. The molecule has 0 fully saturated rings. The van der Waals surface area contributed by atoms with Crippen molar-refractivity contribution in [1.82, 2.24) is 5.32 Å². The van der Waals surface area contributed by atoms with E-state index < -0.39 is 24.5 Å². The minimum atomic E-state index is -0.681. The Morgan fingerprint density at radius 3 is 2.22 bits per heavy atom. The number of primary amides is 1. The van der Waals surface area contributed by atoms with Crippen LogP contribution in [-0.2, 0) is 16.1 Å². The van der Waals surface area contributed by atoms with Crippen LogP contribution in [0.3, 0.4) is 0 Å². The van der Waals surface area contributed by atoms with E-state index >= 15 is 0 Å². The summed E-state index contributed by atoms with van der Waals surface area (Å²) in [6, 6.07) is 8.41. The van der Waals surface area contributed by atoms with Gasteiger partial charge < -0.3 is 21.1 Å². The molecule has 4 N–H and O–H groups in total. The number of esters is 1. The summed E-state index contributed by atoms with van der Waals surface area (Å²) in [5, 5.41) is 5.58. The summed E-state index contributed by atoms with van der Waals surface area (Å²) in [5.41, 5.74) is 6.23. The Bertz CT molecular complexity index is 872. The van der Waals surface area contributed by atoms with Crippen molar-refractivity contribution in [2.75, 3.05) is 11.9 Å². The van der Waals surface area contributed by atoms with Crippen molar-refractivity contribution in [1.29, 1.82) is 0 Å². The summed E-state index contributed by atoms with van der Waals surface area (Å²) in [4.78, 5) is 34.6. The lowest BCUT2D eigenvalue weighted by molar-refractivity contribution is -0.119. The molecule has 3 amide bonds. The first-order valence-corrected chi connectivity index (χ1v) is 8.63. The van der Waals surface area contributed by atoms with Crippen LogP contribution in [0.2, 0.25) is 15.1 Å². The number of nitrogens with one attached hydrogen (secondary N) is 2. The second kappa shape index (κ2) is 9.45. The molecule has 0 spiro atoms. The quantitative estimate of drug-likeness (QED) is 0.480. The van der Waals surface area contributed by atoms with E-state index in [2.05, 4.69) is 10.6 Å². The zero-order valence-electron chi connectivity index (χ0n) is 13.7. The van der Waals surface area contributed by atoms with Crippen LogP contribution in [0, 0.1) is 0 Å². The van der Waals surface area contributed by atoms with Gasteiger partial charge in [0.1, 0.15) is 0 Å². The maximum absolute atomic E-state index is 12.0. The Labute approximate surface area is 169 Å². The molecule has 0 atom stereocenters. The van der Waals surface area contributed by atoms with Gasteiger partial charge in [-0.3, -0.25) is 4.79 Å². The summed E-state index contributed by atoms with van der Waals surface area (Å²) in [5.74, 6) is -1.27. The summed E-state index contributed by atoms with van der Waals surface area (Å²) < 4.78 is 4.95. The van der Waals surface area contributed by atoms with Crippen molar-refractivity contribution >= 4 is 58.4 Å². The molecule has 27 heavy (non-hydrogen) atoms. The molecule has 10 heteroatoms. The fraction of sp³-hybridized carbons (Fsp3) is 0.118. The maximum atomic E-state index is 12.0. The van der Waals surface area contributed by atoms with Gasteiger partial charge in [-0.05, 0) is 29.8 Å². The van der Waals surface area contributed by atoms with Crippen molar-refractivity contribution in [2.45, 2.75) is 6.54 Å². The van der Waals surface area contributed by atoms with Crippen molar-refractivity contribution in [3.63, 3.8) is 0 Å². The number of ether oxygens (including phenoxy) is 1. The van der Waals surface area contributed by atoms with Crippen molar-refractivity contribution in [3.05, 3.63) is 62.6 Å². The van der Waals surface area contributed by atoms with E-state index in [9.17, 15) is 14.4 Å². The number of benzene rings is 2. The van der Waals surface area contributed by atoms with Crippen LogP contribution in [0.1, 0.15) is 15.9 Å². The largest absolute Gasteiger partial charge is 0.452 e. The normalized spacial score (nSPS) is 10.2. The van der Waals surface area contributed by atoms with Crippen LogP contribution in [0.25, 0.3) is 0 Å². The molecule has 0 aromatic heterocycles. The van der Waals surface area contributed by atoms with E-state index in [0.717, 1.165) is 5.56 Å². The van der Waals surface area contributed by atoms with E-state index in [1.54, 1.807) is 12.1 Å². The average Bonchev–Trinajstić information content (AvgIpc) is 2.63. The van der Waals surface area contributed by atoms with Crippen LogP contribution in [0.15, 0.2) is 36.4 Å². The highest BCUT2D eigenvalue weighted by molar-refractivity contribution is 6.44. The third kappa shape index (κ3) is 6.32. The van der Waals surface area contributed by atoms with Crippen LogP contribution in [0.5, 0.6) is 0 Å². The van der Waals surface area contributed by atoms with Gasteiger partial charge in [0.2, 0.25) is 0 Å². The highest BCUT2D eigenvalue weighted by Crippen LogP contribution is 2.32. The number of nitrogens with two attached hydrogens (primary N) is 1. The van der Waals surface area contributed by atoms with Gasteiger partial charge in [0.05, 0.1) is 26.3 Å². The second-order valence-electron chi connectivity index (χ2n) is 5.29. The number of hydrogen-bond acceptors (Lipinski definition) is 4. The molecule has 0 bridgehead atoms. The van der Waals surface area contributed by atoms with Crippen LogP contribution >= 0.6 is 34.8 Å². The number of halogens is 3. The molecule has 2 aromatic carbocycles. The van der Waals surface area contributed by atoms with Crippen molar-refractivity contribution < 1.29 is 19.1 Å². The van der Waals surface area contributed by atoms with Gasteiger partial charge in [-0.25, -0.2) is 9.59 Å². The van der Waals surface area contributed by atoms with E-state index in [0.29, 0.717) is 0 Å². The molecule has 7 nitrogen and oxygen atoms in total. The minimum Gasteiger partial charge on any atom is -0.452 e. The average molecular weight is 431 g/mol. The van der Waals surface area contributed by atoms with Gasteiger partial charge in [-0.2, -0.15) is 0 Å². The van der Waals surface area contributed by atoms with Gasteiger partial charge >= 0.3 is 12.0 Å². The number of anilines is 1. The fourth-order valence-corrected chi connectivity index (χ4v) is 2.56. The lowest BCUT2D eigenvalue weighted by Crippen LogP contribution is -2.28. The Morgan fingerprint density at radius 1 is 0.963 bits per heavy atom. The molecule has 0 heterocycles. The number of urea groups is 1. The van der Waals surface area contributed by atoms with Gasteiger partial charge in [-0.1, -0.05) is 46.9 Å². The molecule has 0 aliphatic rings. The number of rotatable bonds is 6. The summed E-state index contributed by atoms with van der Waals surface area (Å²) in [7, 11) is 0. The summed E-state index contributed by atoms with van der Waals surface area (Å²) in [6.45, 7) is -0.280. The molecule has 0 unspecified atom stereocenters. The molecule has 142 valence electrons. The van der Waals surface area contributed by atoms with Crippen LogP contribution < -0.4 is 16.4 Å². The molecule has 0 saturated carbocycles. The Hall–Kier alpha value is -2.48. The third-order valence-electron chi connectivity index (χ3n) is 3.27. The van der Waals surface area contributed by atoms with E-state index in [4.69, 9.17) is 45.3 Å². The molecule has 0 aliphatic heterocycles. The molecular formula is C17H14Cl3N3O4. The predicted molar refractivity (Wildman–Crippen MR) is 103 cm³/mol. The molecule has 0 aliphatic carbocycles. The van der Waals surface area contributed by atoms with Gasteiger partial charge in [0.25, 0.3) is 5.91 Å². The fourth-order valence-electron chi connectivity index (χ4n) is 1.97. The number of hydrogen-bond donors (Lipinski definition) is 3. The van der Waals surface area contributed by atoms with Crippen LogP contribution in [0.4, 0.5) is 10.5 Å². The highest BCUT2D eigenvalue weighted by Gasteiger charge is 2.13. The van der Waals surface area contributed by atoms with Gasteiger partial charge in [-0.15, -0.1) is 0 Å². The SMILES string of the molecule is NC(=O)NCc1ccc(C(=O)OCC(=O)Nc2cc(Cl)c(Cl)cc2Cl)cc1. The molecule has 2 aromatic rings. The third-order valence-corrected chi connectivity index (χ3v) is 4.31. The van der Waals surface area contributed by atoms with Gasteiger partial charge in [0.15, 0.2) is 6.61 Å². The molecule has 2 rings (SSSR count). The summed E-state index contributed by atoms with van der Waals surface area (Å²) in [6.07, 6.45) is 0. The lowest BCUT2D eigenvalue weighted by atomic mass is 10.1. The second-order valence-corrected chi connectivity index (χ2v) is 6.51. The first-order chi connectivity index (χ1) is 12.8. The highest BCUT2D eigenvalue weighted by atomic mass is 35.5. The Morgan fingerprint density at radius 2 is 1.59 bits per heavy atom. The Balaban J connectivity index is 1.88. The maximum Gasteiger partial charge on any atom is 0.338 e. The minimum absolute atomic E-state index is 0.198. The van der Waals surface area contributed by atoms with Crippen molar-refractivity contribution in [2.24, 2.45) is 5.73 Å². The topological polar surface area (TPSA) is 111 Å². The van der Waals surface area contributed by atoms with E-state index in [-0.39, 0.29) is 32.9 Å². The Kier molecular flexibility index (Phi) is 7.29. The molecule has 0 radical (unpaired) electrons. The first-order valence-electron chi connectivity index (χ1n) is 7.50. The zero-order valence-corrected chi connectivity index (χ0v) is 16.0. The number of carbonyl (C=O) groups is 3. The smallest absolute Gasteiger partial charge is 0.338 e. The number of carbonyl (C=O) groups excluding carboxylic acids is 3. The summed E-state index contributed by atoms with van der Waals surface area (Å²) >= 11 is 17.7. The molecular weight excluding hydrogens is 417 g/mol. The zero-order chi connectivity index (χ0) is 20.0. The van der Waals surface area contributed by atoms with Crippen LogP contribution in [-0.4, -0.2) is 24.5 Å².